The number of benzene rings is 1. The van der Waals surface area contributed by atoms with Gasteiger partial charge in [0.05, 0.1) is 23.0 Å². The molecule has 0 spiro atoms. The Hall–Kier alpha value is -1.49. The maximum absolute atomic E-state index is 6.30. The molecule has 0 atom stereocenters. The summed E-state index contributed by atoms with van der Waals surface area (Å²) in [7, 11) is 1.90. The fourth-order valence-electron chi connectivity index (χ4n) is 2.20. The number of likely N-dealkylation sites (N-methyl/N-ethyl adjacent to an activating group) is 1. The second-order valence-corrected chi connectivity index (χ2v) is 5.86. The molecule has 2 heterocycles. The van der Waals surface area contributed by atoms with Gasteiger partial charge in [-0.1, -0.05) is 53.6 Å². The number of aliphatic imine (C=N–C) groups is 1. The number of hydrogen-bond donors (Lipinski definition) is 0. The fourth-order valence-corrected chi connectivity index (χ4v) is 2.74. The summed E-state index contributed by atoms with van der Waals surface area (Å²) in [5.41, 5.74) is 3.11. The van der Waals surface area contributed by atoms with Crippen molar-refractivity contribution in [3.8, 4) is 0 Å². The third-order valence-corrected chi connectivity index (χ3v) is 4.24. The zero-order valence-electron chi connectivity index (χ0n) is 11.2. The molecule has 0 radical (unpaired) electrons. The van der Waals surface area contributed by atoms with E-state index in [1.165, 1.54) is 0 Å². The lowest BCUT2D eigenvalue weighted by Crippen LogP contribution is -2.26. The van der Waals surface area contributed by atoms with E-state index in [4.69, 9.17) is 35.4 Å². The van der Waals surface area contributed by atoms with Crippen LogP contribution in [0.3, 0.4) is 0 Å². The average molecular weight is 336 g/mol. The molecule has 1 aromatic heterocycles. The van der Waals surface area contributed by atoms with Crippen LogP contribution in [-0.2, 0) is 0 Å². The van der Waals surface area contributed by atoms with Crippen molar-refractivity contribution in [2.45, 2.75) is 0 Å². The third kappa shape index (κ3) is 2.67. The molecule has 6 heteroatoms. The van der Waals surface area contributed by atoms with Gasteiger partial charge in [-0.3, -0.25) is 4.99 Å². The molecule has 1 aromatic carbocycles. The van der Waals surface area contributed by atoms with Gasteiger partial charge in [0.15, 0.2) is 0 Å². The van der Waals surface area contributed by atoms with Crippen molar-refractivity contribution in [1.82, 2.24) is 4.98 Å². The van der Waals surface area contributed by atoms with Crippen LogP contribution in [0.15, 0.2) is 41.4 Å². The molecule has 0 amide bonds. The highest BCUT2D eigenvalue weighted by atomic mass is 35.5. The molecule has 0 fully saturated rings. The first-order chi connectivity index (χ1) is 10.1. The van der Waals surface area contributed by atoms with Crippen molar-refractivity contribution in [1.29, 1.82) is 0 Å². The molecule has 0 saturated carbocycles. The second-order valence-electron chi connectivity index (χ2n) is 4.60. The van der Waals surface area contributed by atoms with Crippen LogP contribution in [0.1, 0.15) is 11.3 Å². The number of anilines is 1. The van der Waals surface area contributed by atoms with Gasteiger partial charge in [0.1, 0.15) is 15.8 Å². The van der Waals surface area contributed by atoms with Crippen LogP contribution < -0.4 is 4.90 Å². The van der Waals surface area contributed by atoms with Crippen LogP contribution in [0.4, 0.5) is 5.69 Å². The van der Waals surface area contributed by atoms with E-state index in [1.807, 2.05) is 42.3 Å². The van der Waals surface area contributed by atoms with Crippen molar-refractivity contribution >= 4 is 51.8 Å². The minimum absolute atomic E-state index is 0.412. The van der Waals surface area contributed by atoms with E-state index in [-0.39, 0.29) is 0 Å². The van der Waals surface area contributed by atoms with Crippen LogP contribution in [0.5, 0.6) is 0 Å². The van der Waals surface area contributed by atoms with E-state index in [0.29, 0.717) is 28.1 Å². The number of fused-ring (bicyclic) bond motifs is 1. The number of rotatable bonds is 1. The first-order valence-corrected chi connectivity index (χ1v) is 7.47. The summed E-state index contributed by atoms with van der Waals surface area (Å²) in [5, 5.41) is 1.04. The Morgan fingerprint density at radius 2 is 1.90 bits per heavy atom. The Labute approximate surface area is 138 Å². The first-order valence-electron chi connectivity index (χ1n) is 6.31. The molecular weight excluding hydrogens is 325 g/mol. The third-order valence-electron chi connectivity index (χ3n) is 3.30. The van der Waals surface area contributed by atoms with E-state index in [1.54, 1.807) is 6.07 Å². The molecule has 0 bridgehead atoms. The molecule has 3 nitrogen and oxygen atoms in total. The van der Waals surface area contributed by atoms with Crippen molar-refractivity contribution < 1.29 is 0 Å². The zero-order valence-corrected chi connectivity index (χ0v) is 13.5. The quantitative estimate of drug-likeness (QED) is 0.582. The molecule has 0 saturated heterocycles. The van der Waals surface area contributed by atoms with E-state index in [0.717, 1.165) is 16.2 Å². The highest BCUT2D eigenvalue weighted by Gasteiger charge is 2.23. The Kier molecular flexibility index (Phi) is 3.93. The van der Waals surface area contributed by atoms with Crippen molar-refractivity contribution in [2.24, 2.45) is 4.99 Å². The first kappa shape index (κ1) is 14.4. The minimum Gasteiger partial charge on any atom is -0.336 e. The highest BCUT2D eigenvalue weighted by molar-refractivity contribution is 7.80. The number of halogens is 2. The van der Waals surface area contributed by atoms with Gasteiger partial charge in [-0.2, -0.15) is 0 Å². The van der Waals surface area contributed by atoms with Gasteiger partial charge in [0.25, 0.3) is 0 Å². The molecule has 2 aromatic rings. The molecule has 0 unspecified atom stereocenters. The number of hydrogen-bond acceptors (Lipinski definition) is 3. The standard InChI is InChI=1S/C15H11Cl2N3S/c1-20-11-6-7-12(17)19-15(11)14(18-8-13(20)21)9-4-2-3-5-10(9)16/h2-7H,8H2,1H3. The maximum Gasteiger partial charge on any atom is 0.130 e. The van der Waals surface area contributed by atoms with Gasteiger partial charge in [0.2, 0.25) is 0 Å². The molecule has 1 aliphatic heterocycles. The topological polar surface area (TPSA) is 28.5 Å². The molecular formula is C15H11Cl2N3S. The molecule has 106 valence electrons. The zero-order chi connectivity index (χ0) is 15.0. The predicted octanol–water partition coefficient (Wildman–Crippen LogP) is 4.00. The molecule has 0 N–H and O–H groups in total. The largest absolute Gasteiger partial charge is 0.336 e. The molecule has 0 aliphatic carbocycles. The molecule has 1 aliphatic rings. The van der Waals surface area contributed by atoms with Crippen LogP contribution in [0, 0.1) is 0 Å². The average Bonchev–Trinajstić information content (AvgIpc) is 2.59. The maximum atomic E-state index is 6.30. The summed E-state index contributed by atoms with van der Waals surface area (Å²) in [4.78, 5) is 11.7. The van der Waals surface area contributed by atoms with Crippen molar-refractivity contribution in [3.05, 3.63) is 57.8 Å². The van der Waals surface area contributed by atoms with Gasteiger partial charge in [-0.25, -0.2) is 4.98 Å². The summed E-state index contributed by atoms with van der Waals surface area (Å²) >= 11 is 17.7. The summed E-state index contributed by atoms with van der Waals surface area (Å²) in [6, 6.07) is 11.2. The van der Waals surface area contributed by atoms with Crippen LogP contribution in [0.2, 0.25) is 10.2 Å². The van der Waals surface area contributed by atoms with Gasteiger partial charge in [0, 0.05) is 12.6 Å². The van der Waals surface area contributed by atoms with E-state index >= 15 is 0 Å². The Balaban J connectivity index is 2.26. The van der Waals surface area contributed by atoms with E-state index < -0.39 is 0 Å². The van der Waals surface area contributed by atoms with Crippen LogP contribution in [-0.4, -0.2) is 29.3 Å². The summed E-state index contributed by atoms with van der Waals surface area (Å²) in [6.45, 7) is 0.417. The monoisotopic (exact) mass is 335 g/mol. The van der Waals surface area contributed by atoms with Crippen molar-refractivity contribution in [2.75, 3.05) is 18.5 Å². The summed E-state index contributed by atoms with van der Waals surface area (Å²) < 4.78 is 0. The Morgan fingerprint density at radius 1 is 1.14 bits per heavy atom. The lowest BCUT2D eigenvalue weighted by molar-refractivity contribution is 1.20. The fraction of sp³-hybridized carbons (Fsp3) is 0.133. The predicted molar refractivity (Wildman–Crippen MR) is 92.2 cm³/mol. The van der Waals surface area contributed by atoms with Gasteiger partial charge < -0.3 is 4.90 Å². The van der Waals surface area contributed by atoms with Gasteiger partial charge in [-0.05, 0) is 18.2 Å². The summed E-state index contributed by atoms with van der Waals surface area (Å²) in [6.07, 6.45) is 0. The Morgan fingerprint density at radius 3 is 2.67 bits per heavy atom. The SMILES string of the molecule is CN1C(=S)CN=C(c2ccccc2Cl)c2nc(Cl)ccc21. The van der Waals surface area contributed by atoms with Crippen LogP contribution >= 0.6 is 35.4 Å². The van der Waals surface area contributed by atoms with Gasteiger partial charge in [-0.15, -0.1) is 0 Å². The lowest BCUT2D eigenvalue weighted by Gasteiger charge is -2.19. The van der Waals surface area contributed by atoms with E-state index in [2.05, 4.69) is 9.98 Å². The number of aromatic nitrogens is 1. The second kappa shape index (κ2) is 5.72. The van der Waals surface area contributed by atoms with Crippen molar-refractivity contribution in [3.63, 3.8) is 0 Å². The number of pyridine rings is 1. The lowest BCUT2D eigenvalue weighted by atomic mass is 10.1. The Bertz CT molecular complexity index is 758. The van der Waals surface area contributed by atoms with E-state index in [9.17, 15) is 0 Å². The van der Waals surface area contributed by atoms with Gasteiger partial charge >= 0.3 is 0 Å². The normalized spacial score (nSPS) is 14.5. The molecule has 3 rings (SSSR count). The minimum atomic E-state index is 0.412. The molecule has 21 heavy (non-hydrogen) atoms. The highest BCUT2D eigenvalue weighted by Crippen LogP contribution is 2.28. The number of thiocarbonyl (C=S) groups is 1. The number of nitrogens with zero attached hydrogens (tertiary/aromatic N) is 3. The summed E-state index contributed by atoms with van der Waals surface area (Å²) in [5.74, 6) is 0. The smallest absolute Gasteiger partial charge is 0.130 e. The van der Waals surface area contributed by atoms with Crippen LogP contribution in [0.25, 0.3) is 0 Å².